The molecule has 0 saturated heterocycles. The van der Waals surface area contributed by atoms with E-state index in [-0.39, 0.29) is 53.2 Å². The predicted molar refractivity (Wildman–Crippen MR) is 125 cm³/mol. The number of hydrogen-bond acceptors (Lipinski definition) is 5. The van der Waals surface area contributed by atoms with Gasteiger partial charge in [-0.05, 0) is 37.3 Å². The summed E-state index contributed by atoms with van der Waals surface area (Å²) in [6.07, 6.45) is 3.21. The molecule has 2 aliphatic carbocycles. The van der Waals surface area contributed by atoms with Crippen LogP contribution in [0, 0.1) is 11.7 Å². The highest BCUT2D eigenvalue weighted by Gasteiger charge is 2.65. The Morgan fingerprint density at radius 1 is 1.26 bits per heavy atom. The number of carbonyl (C=O) groups excluding carboxylic acids is 3. The number of fused-ring (bicyclic) bond motifs is 2. The second-order valence-electron chi connectivity index (χ2n) is 9.83. The summed E-state index contributed by atoms with van der Waals surface area (Å²) >= 11 is 5.81. The van der Waals surface area contributed by atoms with Crippen LogP contribution in [-0.4, -0.2) is 63.8 Å². The molecule has 3 aliphatic rings. The van der Waals surface area contributed by atoms with Crippen LogP contribution in [0.1, 0.15) is 52.1 Å². The Bertz CT molecular complexity index is 1340. The van der Waals surface area contributed by atoms with Crippen molar-refractivity contribution in [2.75, 3.05) is 20.6 Å². The maximum absolute atomic E-state index is 14.2. The van der Waals surface area contributed by atoms with Gasteiger partial charge >= 0.3 is 0 Å². The molecule has 2 heterocycles. The molecule has 1 aromatic carbocycles. The van der Waals surface area contributed by atoms with Crippen molar-refractivity contribution in [3.63, 3.8) is 0 Å². The molecule has 2 fully saturated rings. The summed E-state index contributed by atoms with van der Waals surface area (Å²) in [6.45, 7) is 0.275. The van der Waals surface area contributed by atoms with Crippen molar-refractivity contribution in [3.8, 4) is 5.75 Å². The normalized spacial score (nSPS) is 22.8. The van der Waals surface area contributed by atoms with Crippen molar-refractivity contribution >= 4 is 29.2 Å². The van der Waals surface area contributed by atoms with E-state index < -0.39 is 40.1 Å². The van der Waals surface area contributed by atoms with E-state index in [2.05, 4.69) is 0 Å². The molecule has 2 aromatic rings. The SMILES string of the molecule is CN(C)C(=O)[C@@H]1C[C@]12CN(C1CC1)C(=O)c1c(O)c(=O)c(C(=O)CCc3cccc(Cl)c3F)cn12. The average Bonchev–Trinajstić information content (AvgIpc) is 3.74. The van der Waals surface area contributed by atoms with Gasteiger partial charge < -0.3 is 19.5 Å². The van der Waals surface area contributed by atoms with Crippen molar-refractivity contribution in [2.45, 2.75) is 43.7 Å². The van der Waals surface area contributed by atoms with Gasteiger partial charge in [0.15, 0.2) is 17.2 Å². The fourth-order valence-corrected chi connectivity index (χ4v) is 5.30. The Hall–Kier alpha value is -3.20. The quantitative estimate of drug-likeness (QED) is 0.613. The zero-order valence-electron chi connectivity index (χ0n) is 19.4. The smallest absolute Gasteiger partial charge is 0.274 e. The lowest BCUT2D eigenvalue weighted by Gasteiger charge is -2.38. The molecule has 0 bridgehead atoms. The number of amides is 2. The fraction of sp³-hybridized carbons (Fsp3) is 0.440. The predicted octanol–water partition coefficient (Wildman–Crippen LogP) is 2.58. The van der Waals surface area contributed by atoms with Crippen LogP contribution in [0.5, 0.6) is 5.75 Å². The Morgan fingerprint density at radius 2 is 1.97 bits per heavy atom. The minimum atomic E-state index is -0.940. The second-order valence-corrected chi connectivity index (χ2v) is 10.2. The third-order valence-corrected chi connectivity index (χ3v) is 7.59. The van der Waals surface area contributed by atoms with E-state index in [9.17, 15) is 28.7 Å². The minimum absolute atomic E-state index is 0.00838. The Morgan fingerprint density at radius 3 is 2.63 bits per heavy atom. The number of aromatic hydroxyl groups is 1. The van der Waals surface area contributed by atoms with E-state index in [4.69, 9.17) is 11.6 Å². The van der Waals surface area contributed by atoms with Gasteiger partial charge in [-0.15, -0.1) is 0 Å². The van der Waals surface area contributed by atoms with Crippen molar-refractivity contribution in [1.82, 2.24) is 14.4 Å². The topological polar surface area (TPSA) is 99.9 Å². The second kappa shape index (κ2) is 8.19. The molecule has 1 aliphatic heterocycles. The number of aryl methyl sites for hydroxylation is 1. The van der Waals surface area contributed by atoms with Crippen molar-refractivity contribution in [3.05, 3.63) is 62.3 Å². The summed E-state index contributed by atoms with van der Waals surface area (Å²) in [6, 6.07) is 4.50. The summed E-state index contributed by atoms with van der Waals surface area (Å²) in [5, 5.41) is 10.8. The summed E-state index contributed by atoms with van der Waals surface area (Å²) in [7, 11) is 3.30. The maximum atomic E-state index is 14.2. The number of carbonyl (C=O) groups is 3. The first kappa shape index (κ1) is 23.5. The Balaban J connectivity index is 1.53. The van der Waals surface area contributed by atoms with E-state index in [1.54, 1.807) is 25.1 Å². The largest absolute Gasteiger partial charge is 0.503 e. The van der Waals surface area contributed by atoms with Crippen LogP contribution >= 0.6 is 11.6 Å². The molecule has 2 saturated carbocycles. The van der Waals surface area contributed by atoms with Crippen LogP contribution in [0.2, 0.25) is 5.02 Å². The molecule has 1 spiro atoms. The lowest BCUT2D eigenvalue weighted by atomic mass is 9.99. The van der Waals surface area contributed by atoms with Gasteiger partial charge in [-0.3, -0.25) is 19.2 Å². The van der Waals surface area contributed by atoms with Crippen LogP contribution < -0.4 is 5.43 Å². The van der Waals surface area contributed by atoms with Crippen molar-refractivity contribution in [1.29, 1.82) is 0 Å². The molecule has 35 heavy (non-hydrogen) atoms. The number of benzene rings is 1. The molecule has 1 aromatic heterocycles. The summed E-state index contributed by atoms with van der Waals surface area (Å²) in [5.74, 6) is -3.05. The van der Waals surface area contributed by atoms with Gasteiger partial charge in [-0.2, -0.15) is 0 Å². The summed E-state index contributed by atoms with van der Waals surface area (Å²) in [4.78, 5) is 55.2. The average molecular weight is 502 g/mol. The number of nitrogens with zero attached hydrogens (tertiary/aromatic N) is 3. The zero-order valence-corrected chi connectivity index (χ0v) is 20.1. The number of hydrogen-bond donors (Lipinski definition) is 1. The van der Waals surface area contributed by atoms with Crippen LogP contribution in [0.15, 0.2) is 29.2 Å². The molecule has 10 heteroatoms. The van der Waals surface area contributed by atoms with Crippen LogP contribution in [0.3, 0.4) is 0 Å². The first-order valence-corrected chi connectivity index (χ1v) is 11.9. The number of ketones is 1. The van der Waals surface area contributed by atoms with Crippen molar-refractivity contribution < 1.29 is 23.9 Å². The molecular weight excluding hydrogens is 477 g/mol. The molecule has 184 valence electrons. The summed E-state index contributed by atoms with van der Waals surface area (Å²) < 4.78 is 15.7. The van der Waals surface area contributed by atoms with Crippen LogP contribution in [0.4, 0.5) is 4.39 Å². The molecule has 1 N–H and O–H groups in total. The summed E-state index contributed by atoms with van der Waals surface area (Å²) in [5.41, 5.74) is -2.00. The highest BCUT2D eigenvalue weighted by molar-refractivity contribution is 6.30. The van der Waals surface area contributed by atoms with Gasteiger partial charge in [0, 0.05) is 39.3 Å². The number of aromatic nitrogens is 1. The van der Waals surface area contributed by atoms with Gasteiger partial charge in [-0.25, -0.2) is 4.39 Å². The third-order valence-electron chi connectivity index (χ3n) is 7.30. The van der Waals surface area contributed by atoms with Gasteiger partial charge in [0.25, 0.3) is 5.91 Å². The Labute approximate surface area is 205 Å². The molecule has 0 unspecified atom stereocenters. The number of pyridine rings is 1. The molecule has 8 nitrogen and oxygen atoms in total. The fourth-order valence-electron chi connectivity index (χ4n) is 5.10. The lowest BCUT2D eigenvalue weighted by molar-refractivity contribution is -0.131. The molecular formula is C25H25ClFN3O5. The maximum Gasteiger partial charge on any atom is 0.274 e. The first-order chi connectivity index (χ1) is 16.6. The van der Waals surface area contributed by atoms with E-state index >= 15 is 0 Å². The molecule has 0 radical (unpaired) electrons. The first-order valence-electron chi connectivity index (χ1n) is 11.5. The van der Waals surface area contributed by atoms with Crippen LogP contribution in [0.25, 0.3) is 0 Å². The third kappa shape index (κ3) is 3.73. The van der Waals surface area contributed by atoms with Gasteiger partial charge in [0.2, 0.25) is 11.3 Å². The van der Waals surface area contributed by atoms with E-state index in [1.807, 2.05) is 0 Å². The molecule has 5 rings (SSSR count). The highest BCUT2D eigenvalue weighted by Crippen LogP contribution is 2.55. The minimum Gasteiger partial charge on any atom is -0.503 e. The van der Waals surface area contributed by atoms with E-state index in [0.29, 0.717) is 6.42 Å². The van der Waals surface area contributed by atoms with E-state index in [0.717, 1.165) is 12.8 Å². The Kier molecular flexibility index (Phi) is 5.51. The van der Waals surface area contributed by atoms with Crippen molar-refractivity contribution in [2.24, 2.45) is 5.92 Å². The standard InChI is InChI=1S/C25H25ClFN3O5/c1-28(2)23(34)16-10-25(16)12-29(14-7-8-14)24(35)20-22(33)21(32)15(11-30(20)25)18(31)9-6-13-4-3-5-17(26)19(13)27/h3-5,11,14,16,33H,6-10,12H2,1-2H3/t16-,25-/m0/s1. The van der Waals surface area contributed by atoms with Gasteiger partial charge in [0.1, 0.15) is 5.82 Å². The number of Topliss-reactive ketones (excluding diaryl/α,β-unsaturated/α-hetero) is 1. The lowest BCUT2D eigenvalue weighted by Crippen LogP contribution is -2.51. The van der Waals surface area contributed by atoms with Gasteiger partial charge in [-0.1, -0.05) is 23.7 Å². The molecule has 2 atom stereocenters. The highest BCUT2D eigenvalue weighted by atomic mass is 35.5. The monoisotopic (exact) mass is 501 g/mol. The van der Waals surface area contributed by atoms with E-state index in [1.165, 1.54) is 27.8 Å². The number of halogens is 2. The number of rotatable bonds is 6. The molecule has 2 amide bonds. The zero-order chi connectivity index (χ0) is 25.2. The van der Waals surface area contributed by atoms with Crippen LogP contribution in [-0.2, 0) is 16.8 Å². The van der Waals surface area contributed by atoms with Gasteiger partial charge in [0.05, 0.1) is 22.0 Å².